The van der Waals surface area contributed by atoms with Crippen molar-refractivity contribution in [3.63, 3.8) is 0 Å². The fraction of sp³-hybridized carbons (Fsp3) is 0.895. The van der Waals surface area contributed by atoms with Gasteiger partial charge in [0.05, 0.1) is 25.6 Å². The summed E-state index contributed by atoms with van der Waals surface area (Å²) in [5.41, 5.74) is 0. The van der Waals surface area contributed by atoms with Crippen molar-refractivity contribution >= 4 is 24.0 Å². The highest BCUT2D eigenvalue weighted by Crippen LogP contribution is 2.17. The van der Waals surface area contributed by atoms with E-state index in [4.69, 9.17) is 14.7 Å². The van der Waals surface area contributed by atoms with Gasteiger partial charge in [-0.2, -0.15) is 0 Å². The Morgan fingerprint density at radius 2 is 1.41 bits per heavy atom. The molecule has 27 heavy (non-hydrogen) atoms. The Bertz CT molecular complexity index is 366. The van der Waals surface area contributed by atoms with Crippen LogP contribution in [0.25, 0.3) is 0 Å². The van der Waals surface area contributed by atoms with Gasteiger partial charge in [0, 0.05) is 17.8 Å². The maximum Gasteiger partial charge on any atom is 0.310 e. The summed E-state index contributed by atoms with van der Waals surface area (Å²) in [6.45, 7) is 5.00. The third kappa shape index (κ3) is 17.0. The fourth-order valence-corrected chi connectivity index (χ4v) is 3.01. The Morgan fingerprint density at radius 3 is 1.96 bits per heavy atom. The highest BCUT2D eigenvalue weighted by atomic mass is 32.2. The zero-order chi connectivity index (χ0) is 20.2. The molecule has 0 spiro atoms. The molecule has 1 atom stereocenters. The van der Waals surface area contributed by atoms with E-state index in [0.717, 1.165) is 57.0 Å². The van der Waals surface area contributed by atoms with Crippen LogP contribution in [-0.4, -0.2) is 36.2 Å². The molecule has 160 valence electrons. The van der Waals surface area contributed by atoms with Crippen molar-refractivity contribution in [2.45, 2.75) is 84.5 Å². The van der Waals surface area contributed by atoms with E-state index in [1.807, 2.05) is 0 Å². The van der Waals surface area contributed by atoms with Crippen LogP contribution >= 0.6 is 12.0 Å². The lowest BCUT2D eigenvalue weighted by atomic mass is 10.1. The molecule has 0 aromatic rings. The first-order valence-electron chi connectivity index (χ1n) is 10.1. The molecule has 0 fully saturated rings. The monoisotopic (exact) mass is 408 g/mol. The van der Waals surface area contributed by atoms with Crippen LogP contribution in [0.3, 0.4) is 0 Å². The van der Waals surface area contributed by atoms with Gasteiger partial charge in [-0.25, -0.2) is 5.26 Å². The molecular formula is C19H36O7S. The second-order valence-corrected chi connectivity index (χ2v) is 7.25. The molecule has 1 unspecified atom stereocenters. The lowest BCUT2D eigenvalue weighted by Gasteiger charge is -2.14. The van der Waals surface area contributed by atoms with Crippen molar-refractivity contribution in [1.29, 1.82) is 0 Å². The summed E-state index contributed by atoms with van der Waals surface area (Å²) in [4.78, 5) is 24.2. The molecule has 0 aliphatic heterocycles. The van der Waals surface area contributed by atoms with Gasteiger partial charge in [-0.3, -0.25) is 9.59 Å². The molecule has 0 rings (SSSR count). The number of hydrogen-bond acceptors (Lipinski definition) is 8. The summed E-state index contributed by atoms with van der Waals surface area (Å²) in [5, 5.41) is 11.7. The number of esters is 2. The number of ether oxygens (including phenoxy) is 2. The lowest BCUT2D eigenvalue weighted by molar-refractivity contribution is -0.432. The lowest BCUT2D eigenvalue weighted by Crippen LogP contribution is -2.25. The van der Waals surface area contributed by atoms with E-state index in [0.29, 0.717) is 13.2 Å². The van der Waals surface area contributed by atoms with Gasteiger partial charge in [0.1, 0.15) is 0 Å². The first-order valence-corrected chi connectivity index (χ1v) is 11.0. The van der Waals surface area contributed by atoms with E-state index < -0.39 is 17.9 Å². The number of carbonyl (C=O) groups is 2. The molecule has 0 saturated carbocycles. The molecular weight excluding hydrogens is 372 g/mol. The number of carbonyl (C=O) groups excluding carboxylic acids is 2. The summed E-state index contributed by atoms with van der Waals surface area (Å²) in [6, 6.07) is 0. The van der Waals surface area contributed by atoms with Crippen molar-refractivity contribution < 1.29 is 33.7 Å². The van der Waals surface area contributed by atoms with Crippen LogP contribution in [0.15, 0.2) is 0 Å². The normalized spacial score (nSPS) is 12.0. The van der Waals surface area contributed by atoms with Gasteiger partial charge in [0.25, 0.3) is 0 Å². The zero-order valence-electron chi connectivity index (χ0n) is 16.8. The van der Waals surface area contributed by atoms with Crippen molar-refractivity contribution in [3.8, 4) is 0 Å². The topological polar surface area (TPSA) is 91.3 Å². The third-order valence-electron chi connectivity index (χ3n) is 4.10. The van der Waals surface area contributed by atoms with Gasteiger partial charge < -0.3 is 9.47 Å². The maximum atomic E-state index is 12.2. The van der Waals surface area contributed by atoms with Gasteiger partial charge in [0.2, 0.25) is 0 Å². The van der Waals surface area contributed by atoms with Crippen LogP contribution in [-0.2, 0) is 28.4 Å². The standard InChI is InChI=1S/C19H36O7S/c1-3-5-7-9-11-13-23-18(20)15-17(16-27-26-25-22)19(21)24-14-12-10-8-6-4-2/h17,22H,3-16H2,1-2H3. The summed E-state index contributed by atoms with van der Waals surface area (Å²) < 4.78 is 14.8. The van der Waals surface area contributed by atoms with Crippen LogP contribution in [0.2, 0.25) is 0 Å². The van der Waals surface area contributed by atoms with E-state index in [2.05, 4.69) is 23.2 Å². The molecule has 0 amide bonds. The second-order valence-electron chi connectivity index (χ2n) is 6.54. The molecule has 0 saturated heterocycles. The Kier molecular flexibility index (Phi) is 19.3. The molecule has 0 heterocycles. The number of unbranched alkanes of at least 4 members (excludes halogenated alkanes) is 8. The Balaban J connectivity index is 4.12. The number of rotatable bonds is 19. The van der Waals surface area contributed by atoms with Crippen LogP contribution in [0.4, 0.5) is 0 Å². The Morgan fingerprint density at radius 1 is 0.852 bits per heavy atom. The molecule has 0 radical (unpaired) electrons. The minimum Gasteiger partial charge on any atom is -0.466 e. The smallest absolute Gasteiger partial charge is 0.310 e. The summed E-state index contributed by atoms with van der Waals surface area (Å²) >= 11 is 0.739. The quantitative estimate of drug-likeness (QED) is 0.104. The fourth-order valence-electron chi connectivity index (χ4n) is 2.49. The van der Waals surface area contributed by atoms with E-state index in [1.165, 1.54) is 19.3 Å². The molecule has 0 aliphatic rings. The molecule has 1 N–H and O–H groups in total. The third-order valence-corrected chi connectivity index (χ3v) is 4.79. The van der Waals surface area contributed by atoms with Crippen molar-refractivity contribution in [3.05, 3.63) is 0 Å². The van der Waals surface area contributed by atoms with E-state index >= 15 is 0 Å². The largest absolute Gasteiger partial charge is 0.466 e. The average Bonchev–Trinajstić information content (AvgIpc) is 2.66. The van der Waals surface area contributed by atoms with Crippen molar-refractivity contribution in [2.24, 2.45) is 5.92 Å². The highest BCUT2D eigenvalue weighted by Gasteiger charge is 2.25. The van der Waals surface area contributed by atoms with E-state index in [1.54, 1.807) is 0 Å². The van der Waals surface area contributed by atoms with Gasteiger partial charge in [-0.1, -0.05) is 70.3 Å². The van der Waals surface area contributed by atoms with Crippen LogP contribution in [0, 0.1) is 5.92 Å². The average molecular weight is 409 g/mol. The highest BCUT2D eigenvalue weighted by molar-refractivity contribution is 7.94. The molecule has 0 aliphatic carbocycles. The van der Waals surface area contributed by atoms with Crippen LogP contribution in [0.5, 0.6) is 0 Å². The summed E-state index contributed by atoms with van der Waals surface area (Å²) in [5.74, 6) is -1.46. The molecule has 0 bridgehead atoms. The van der Waals surface area contributed by atoms with Gasteiger partial charge in [0.15, 0.2) is 0 Å². The predicted octanol–water partition coefficient (Wildman–Crippen LogP) is 5.09. The van der Waals surface area contributed by atoms with E-state index in [-0.39, 0.29) is 12.2 Å². The van der Waals surface area contributed by atoms with Crippen LogP contribution < -0.4 is 0 Å². The molecule has 0 aromatic heterocycles. The molecule has 8 heteroatoms. The Labute approximate surface area is 167 Å². The van der Waals surface area contributed by atoms with Crippen molar-refractivity contribution in [1.82, 2.24) is 0 Å². The minimum atomic E-state index is -0.701. The number of hydrogen-bond donors (Lipinski definition) is 1. The molecule has 0 aromatic carbocycles. The maximum absolute atomic E-state index is 12.2. The van der Waals surface area contributed by atoms with Gasteiger partial charge >= 0.3 is 11.9 Å². The Hall–Kier alpha value is -0.830. The zero-order valence-corrected chi connectivity index (χ0v) is 17.6. The predicted molar refractivity (Wildman–Crippen MR) is 105 cm³/mol. The first kappa shape index (κ1) is 26.2. The summed E-state index contributed by atoms with van der Waals surface area (Å²) in [7, 11) is 0. The SMILES string of the molecule is CCCCCCCOC(=O)CC(CSOOO)C(=O)OCCCCCCC. The van der Waals surface area contributed by atoms with E-state index in [9.17, 15) is 9.59 Å². The van der Waals surface area contributed by atoms with Crippen molar-refractivity contribution in [2.75, 3.05) is 19.0 Å². The van der Waals surface area contributed by atoms with Crippen LogP contribution in [0.1, 0.15) is 84.5 Å². The first-order chi connectivity index (χ1) is 13.2. The van der Waals surface area contributed by atoms with Gasteiger partial charge in [-0.15, -0.1) is 4.33 Å². The molecule has 7 nitrogen and oxygen atoms in total. The minimum absolute atomic E-state index is 0.0780. The van der Waals surface area contributed by atoms with Gasteiger partial charge in [-0.05, 0) is 12.8 Å². The summed E-state index contributed by atoms with van der Waals surface area (Å²) in [6.07, 6.45) is 10.6. The second kappa shape index (κ2) is 19.9.